The third-order valence-electron chi connectivity index (χ3n) is 3.07. The van der Waals surface area contributed by atoms with Crippen molar-refractivity contribution in [3.8, 4) is 0 Å². The molecule has 0 fully saturated rings. The zero-order chi connectivity index (χ0) is 15.4. The normalized spacial score (nSPS) is 10.2. The molecular formula is C14H21N5O2S. The van der Waals surface area contributed by atoms with E-state index in [-0.39, 0.29) is 13.3 Å². The van der Waals surface area contributed by atoms with Gasteiger partial charge in [0.15, 0.2) is 0 Å². The Hall–Kier alpha value is -1.93. The van der Waals surface area contributed by atoms with Crippen molar-refractivity contribution in [2.75, 3.05) is 12.4 Å². The molecule has 120 valence electrons. The van der Waals surface area contributed by atoms with Gasteiger partial charge in [-0.05, 0) is 48.4 Å². The molecule has 1 aromatic carbocycles. The molecule has 0 aliphatic carbocycles. The van der Waals surface area contributed by atoms with Crippen molar-refractivity contribution in [3.63, 3.8) is 0 Å². The van der Waals surface area contributed by atoms with Crippen LogP contribution in [0.1, 0.15) is 35.8 Å². The van der Waals surface area contributed by atoms with Crippen molar-refractivity contribution in [1.82, 2.24) is 20.2 Å². The highest BCUT2D eigenvalue weighted by Crippen LogP contribution is 2.29. The van der Waals surface area contributed by atoms with Crippen molar-refractivity contribution in [2.24, 2.45) is 0 Å². The number of tetrazole rings is 1. The lowest BCUT2D eigenvalue weighted by atomic mass is 10.1. The van der Waals surface area contributed by atoms with E-state index >= 15 is 0 Å². The summed E-state index contributed by atoms with van der Waals surface area (Å²) in [4.78, 5) is 13.3. The molecule has 2 aromatic rings. The maximum absolute atomic E-state index is 12.4. The molecule has 0 bridgehead atoms. The van der Waals surface area contributed by atoms with Crippen LogP contribution < -0.4 is 5.32 Å². The molecule has 1 N–H and O–H groups in total. The van der Waals surface area contributed by atoms with Crippen LogP contribution in [0.5, 0.6) is 0 Å². The van der Waals surface area contributed by atoms with Gasteiger partial charge in [0.1, 0.15) is 0 Å². The first-order chi connectivity index (χ1) is 10.1. The molecule has 0 radical (unpaired) electrons. The van der Waals surface area contributed by atoms with Gasteiger partial charge in [0, 0.05) is 29.0 Å². The van der Waals surface area contributed by atoms with Crippen LogP contribution in [0, 0.1) is 13.8 Å². The number of anilines is 1. The first kappa shape index (κ1) is 18.1. The van der Waals surface area contributed by atoms with Crippen LogP contribution in [-0.2, 0) is 10.7 Å². The number of hydrogen-bond acceptors (Lipinski definition) is 6. The third-order valence-corrected chi connectivity index (χ3v) is 4.03. The Morgan fingerprint density at radius 2 is 2.14 bits per heavy atom. The zero-order valence-electron chi connectivity index (χ0n) is 12.4. The smallest absolute Gasteiger partial charge is 0.258 e. The van der Waals surface area contributed by atoms with E-state index in [0.29, 0.717) is 18.1 Å². The van der Waals surface area contributed by atoms with E-state index in [1.807, 2.05) is 26.8 Å². The van der Waals surface area contributed by atoms with Crippen LogP contribution in [0.2, 0.25) is 0 Å². The van der Waals surface area contributed by atoms with Crippen LogP contribution >= 0.6 is 12.0 Å². The molecule has 8 heteroatoms. The van der Waals surface area contributed by atoms with Gasteiger partial charge in [-0.25, -0.2) is 4.68 Å². The van der Waals surface area contributed by atoms with Crippen LogP contribution in [0.25, 0.3) is 0 Å². The summed E-state index contributed by atoms with van der Waals surface area (Å²) in [5.74, 6) is 0.0957. The van der Waals surface area contributed by atoms with Crippen molar-refractivity contribution in [1.29, 1.82) is 0 Å². The minimum absolute atomic E-state index is 0. The van der Waals surface area contributed by atoms with E-state index in [1.54, 1.807) is 13.2 Å². The fourth-order valence-corrected chi connectivity index (χ4v) is 2.56. The summed E-state index contributed by atoms with van der Waals surface area (Å²) in [5.41, 5.74) is 2.51. The molecule has 22 heavy (non-hydrogen) atoms. The maximum atomic E-state index is 12.4. The van der Waals surface area contributed by atoms with E-state index in [1.165, 1.54) is 16.7 Å². The molecule has 0 atom stereocenters. The zero-order valence-corrected chi connectivity index (χ0v) is 13.2. The highest BCUT2D eigenvalue weighted by atomic mass is 32.2. The Morgan fingerprint density at radius 1 is 1.41 bits per heavy atom. The molecule has 0 spiro atoms. The lowest BCUT2D eigenvalue weighted by molar-refractivity contribution is 0.102. The first-order valence-corrected chi connectivity index (χ1v) is 7.21. The molecule has 0 aliphatic heterocycles. The number of nitrogens with one attached hydrogen (secondary N) is 1. The highest BCUT2D eigenvalue weighted by molar-refractivity contribution is 7.94. The van der Waals surface area contributed by atoms with Crippen molar-refractivity contribution in [3.05, 3.63) is 28.8 Å². The molecule has 1 amide bonds. The molecular weight excluding hydrogens is 302 g/mol. The van der Waals surface area contributed by atoms with E-state index in [2.05, 4.69) is 20.8 Å². The number of nitrogens with zero attached hydrogens (tertiary/aromatic N) is 4. The summed E-state index contributed by atoms with van der Waals surface area (Å²) < 4.78 is 6.64. The average molecular weight is 323 g/mol. The van der Waals surface area contributed by atoms with Gasteiger partial charge in [0.25, 0.3) is 5.91 Å². The molecule has 2 rings (SSSR count). The van der Waals surface area contributed by atoms with Gasteiger partial charge < -0.3 is 4.18 Å². The topological polar surface area (TPSA) is 81.9 Å². The lowest BCUT2D eigenvalue weighted by Crippen LogP contribution is -2.17. The predicted octanol–water partition coefficient (Wildman–Crippen LogP) is 2.85. The SMILES string of the molecule is C.CCn1nnnc1NC(=O)c1ccc(C)c(SOC)c1C. The molecule has 7 nitrogen and oxygen atoms in total. The van der Waals surface area contributed by atoms with Crippen LogP contribution in [0.15, 0.2) is 17.0 Å². The largest absolute Gasteiger partial charge is 0.314 e. The quantitative estimate of drug-likeness (QED) is 0.852. The fourth-order valence-electron chi connectivity index (χ4n) is 1.96. The van der Waals surface area contributed by atoms with E-state index in [0.717, 1.165) is 16.0 Å². The summed E-state index contributed by atoms with van der Waals surface area (Å²) in [6, 6.07) is 3.69. The van der Waals surface area contributed by atoms with Gasteiger partial charge in [-0.15, -0.1) is 0 Å². The Bertz CT molecular complexity index is 657. The van der Waals surface area contributed by atoms with Crippen molar-refractivity contribution < 1.29 is 8.98 Å². The van der Waals surface area contributed by atoms with Crippen LogP contribution in [0.3, 0.4) is 0 Å². The monoisotopic (exact) mass is 323 g/mol. The van der Waals surface area contributed by atoms with Gasteiger partial charge in [-0.3, -0.25) is 10.1 Å². The molecule has 1 heterocycles. The number of aryl methyl sites for hydroxylation is 2. The Balaban J connectivity index is 0.00000242. The number of carbonyl (C=O) groups excluding carboxylic acids is 1. The summed E-state index contributed by atoms with van der Waals surface area (Å²) in [5, 5.41) is 13.9. The second-order valence-corrected chi connectivity index (χ2v) is 5.31. The number of rotatable bonds is 5. The molecule has 1 aromatic heterocycles. The number of amides is 1. The lowest BCUT2D eigenvalue weighted by Gasteiger charge is -2.12. The van der Waals surface area contributed by atoms with E-state index in [9.17, 15) is 4.79 Å². The Morgan fingerprint density at radius 3 is 2.77 bits per heavy atom. The Kier molecular flexibility index (Phi) is 6.51. The molecule has 0 aliphatic rings. The van der Waals surface area contributed by atoms with Gasteiger partial charge in [0.2, 0.25) is 5.95 Å². The summed E-state index contributed by atoms with van der Waals surface area (Å²) >= 11 is 1.25. The van der Waals surface area contributed by atoms with E-state index in [4.69, 9.17) is 4.18 Å². The van der Waals surface area contributed by atoms with Gasteiger partial charge in [-0.1, -0.05) is 18.6 Å². The number of benzene rings is 1. The highest BCUT2D eigenvalue weighted by Gasteiger charge is 2.16. The molecule has 0 unspecified atom stereocenters. The number of carbonyl (C=O) groups is 1. The van der Waals surface area contributed by atoms with Gasteiger partial charge in [-0.2, -0.15) is 0 Å². The van der Waals surface area contributed by atoms with Crippen LogP contribution in [-0.4, -0.2) is 33.2 Å². The maximum Gasteiger partial charge on any atom is 0.258 e. The first-order valence-electron chi connectivity index (χ1n) is 6.46. The average Bonchev–Trinajstić information content (AvgIpc) is 2.90. The summed E-state index contributed by atoms with van der Waals surface area (Å²) in [6.07, 6.45) is 0. The van der Waals surface area contributed by atoms with Crippen molar-refractivity contribution >= 4 is 23.9 Å². The van der Waals surface area contributed by atoms with Gasteiger partial charge in [0.05, 0.1) is 7.11 Å². The minimum atomic E-state index is -0.241. The van der Waals surface area contributed by atoms with Crippen LogP contribution in [0.4, 0.5) is 5.95 Å². The van der Waals surface area contributed by atoms with Gasteiger partial charge >= 0.3 is 0 Å². The Labute approximate surface area is 134 Å². The molecule has 0 saturated carbocycles. The number of aromatic nitrogens is 4. The minimum Gasteiger partial charge on any atom is -0.314 e. The second kappa shape index (κ2) is 7.90. The van der Waals surface area contributed by atoms with E-state index < -0.39 is 0 Å². The molecule has 0 saturated heterocycles. The van der Waals surface area contributed by atoms with Crippen molar-refractivity contribution in [2.45, 2.75) is 39.6 Å². The standard InChI is InChI=1S/C13H17N5O2S.CH4/c1-5-18-13(15-16-17-18)14-12(19)10-7-6-8(2)11(9(10)3)21-20-4;/h6-7H,5H2,1-4H3,(H,14,15,17,19);1H4. The number of hydrogen-bond donors (Lipinski definition) is 1. The second-order valence-electron chi connectivity index (χ2n) is 4.41. The summed E-state index contributed by atoms with van der Waals surface area (Å²) in [7, 11) is 1.60. The third kappa shape index (κ3) is 3.63. The fraction of sp³-hybridized carbons (Fsp3) is 0.429. The predicted molar refractivity (Wildman–Crippen MR) is 87.0 cm³/mol. The summed E-state index contributed by atoms with van der Waals surface area (Å²) in [6.45, 7) is 6.36.